The third-order valence-electron chi connectivity index (χ3n) is 5.15. The van der Waals surface area contributed by atoms with Crippen molar-refractivity contribution < 1.29 is 9.47 Å². The van der Waals surface area contributed by atoms with Gasteiger partial charge >= 0.3 is 0 Å². The normalized spacial score (nSPS) is 11.8. The van der Waals surface area contributed by atoms with Crippen molar-refractivity contribution in [2.75, 3.05) is 7.11 Å². The Bertz CT molecular complexity index is 1080. The lowest BCUT2D eigenvalue weighted by Crippen LogP contribution is -2.18. The van der Waals surface area contributed by atoms with E-state index in [-0.39, 0.29) is 6.04 Å². The molecule has 0 spiro atoms. The van der Waals surface area contributed by atoms with Gasteiger partial charge in [-0.1, -0.05) is 24.3 Å². The summed E-state index contributed by atoms with van der Waals surface area (Å²) in [6, 6.07) is 18.6. The van der Waals surface area contributed by atoms with Crippen molar-refractivity contribution in [3.05, 3.63) is 102 Å². The number of ether oxygens (including phenoxy) is 2. The Morgan fingerprint density at radius 3 is 2.55 bits per heavy atom. The average Bonchev–Trinajstić information content (AvgIpc) is 3.37. The summed E-state index contributed by atoms with van der Waals surface area (Å²) < 4.78 is 13.4. The van der Waals surface area contributed by atoms with Gasteiger partial charge in [-0.3, -0.25) is 4.98 Å². The highest BCUT2D eigenvalue weighted by molar-refractivity contribution is 5.43. The number of imidazole rings is 1. The molecule has 0 aliphatic carbocycles. The maximum absolute atomic E-state index is 5.99. The molecular formula is C25H26N4O2. The SMILES string of the molecule is COc1ccc(CNC(C)c2ccc(-n3ccnc3)cc2)cc1OCc1cccnc1. The molecule has 0 aliphatic rings. The van der Waals surface area contributed by atoms with Crippen molar-refractivity contribution in [2.24, 2.45) is 0 Å². The quantitative estimate of drug-likeness (QED) is 0.430. The fourth-order valence-electron chi connectivity index (χ4n) is 3.32. The molecule has 6 nitrogen and oxygen atoms in total. The smallest absolute Gasteiger partial charge is 0.161 e. The van der Waals surface area contributed by atoms with E-state index in [4.69, 9.17) is 9.47 Å². The van der Waals surface area contributed by atoms with Gasteiger partial charge < -0.3 is 19.4 Å². The van der Waals surface area contributed by atoms with Crippen molar-refractivity contribution in [1.82, 2.24) is 19.9 Å². The Morgan fingerprint density at radius 2 is 1.84 bits per heavy atom. The summed E-state index contributed by atoms with van der Waals surface area (Å²) in [6.45, 7) is 3.33. The molecule has 31 heavy (non-hydrogen) atoms. The summed E-state index contributed by atoms with van der Waals surface area (Å²) in [7, 11) is 1.65. The van der Waals surface area contributed by atoms with Crippen LogP contribution in [0.4, 0.5) is 0 Å². The van der Waals surface area contributed by atoms with Gasteiger partial charge in [-0.15, -0.1) is 0 Å². The van der Waals surface area contributed by atoms with Crippen LogP contribution in [0.15, 0.2) is 85.7 Å². The van der Waals surface area contributed by atoms with Crippen LogP contribution in [0.1, 0.15) is 29.7 Å². The molecule has 4 aromatic rings. The minimum Gasteiger partial charge on any atom is -0.493 e. The lowest BCUT2D eigenvalue weighted by Gasteiger charge is -2.16. The van der Waals surface area contributed by atoms with Crippen LogP contribution >= 0.6 is 0 Å². The molecule has 4 rings (SSSR count). The molecule has 0 bridgehead atoms. The first-order valence-electron chi connectivity index (χ1n) is 10.2. The van der Waals surface area contributed by atoms with Crippen molar-refractivity contribution in [3.8, 4) is 17.2 Å². The van der Waals surface area contributed by atoms with Gasteiger partial charge in [-0.2, -0.15) is 0 Å². The number of hydrogen-bond acceptors (Lipinski definition) is 5. The van der Waals surface area contributed by atoms with Gasteiger partial charge in [0.1, 0.15) is 6.61 Å². The van der Waals surface area contributed by atoms with E-state index >= 15 is 0 Å². The third-order valence-corrected chi connectivity index (χ3v) is 5.15. The molecule has 2 heterocycles. The summed E-state index contributed by atoms with van der Waals surface area (Å²) >= 11 is 0. The molecule has 0 aliphatic heterocycles. The van der Waals surface area contributed by atoms with Crippen LogP contribution in [0, 0.1) is 0 Å². The first kappa shape index (κ1) is 20.6. The average molecular weight is 415 g/mol. The maximum Gasteiger partial charge on any atom is 0.161 e. The number of pyridine rings is 1. The number of hydrogen-bond donors (Lipinski definition) is 1. The van der Waals surface area contributed by atoms with Gasteiger partial charge in [-0.05, 0) is 48.4 Å². The van der Waals surface area contributed by atoms with Gasteiger partial charge in [0.2, 0.25) is 0 Å². The van der Waals surface area contributed by atoms with Gasteiger partial charge in [0.05, 0.1) is 13.4 Å². The van der Waals surface area contributed by atoms with Crippen LogP contribution in [0.5, 0.6) is 11.5 Å². The van der Waals surface area contributed by atoms with Crippen molar-refractivity contribution in [2.45, 2.75) is 26.1 Å². The number of rotatable bonds is 9. The molecule has 0 radical (unpaired) electrons. The molecule has 2 aromatic heterocycles. The maximum atomic E-state index is 5.99. The Morgan fingerprint density at radius 1 is 0.968 bits per heavy atom. The molecule has 158 valence electrons. The zero-order valence-electron chi connectivity index (χ0n) is 17.7. The van der Waals surface area contributed by atoms with E-state index < -0.39 is 0 Å². The van der Waals surface area contributed by atoms with Crippen LogP contribution in [-0.2, 0) is 13.2 Å². The second-order valence-electron chi connectivity index (χ2n) is 7.30. The summed E-state index contributed by atoms with van der Waals surface area (Å²) in [5.41, 5.74) is 4.47. The van der Waals surface area contributed by atoms with Gasteiger partial charge in [-0.25, -0.2) is 4.98 Å². The highest BCUT2D eigenvalue weighted by Crippen LogP contribution is 2.29. The number of nitrogens with zero attached hydrogens (tertiary/aromatic N) is 3. The first-order valence-corrected chi connectivity index (χ1v) is 10.2. The van der Waals surface area contributed by atoms with Gasteiger partial charge in [0, 0.05) is 48.6 Å². The third kappa shape index (κ3) is 5.29. The standard InChI is InChI=1S/C25H26N4O2/c1-19(22-6-8-23(9-7-22)29-13-12-27-18-29)28-16-20-5-10-24(30-2)25(14-20)31-17-21-4-3-11-26-15-21/h3-15,18-19,28H,16-17H2,1-2H3. The predicted octanol–water partition coefficient (Wildman–Crippen LogP) is 4.71. The van der Waals surface area contributed by atoms with Crippen molar-refractivity contribution in [3.63, 3.8) is 0 Å². The fraction of sp³-hybridized carbons (Fsp3) is 0.200. The number of nitrogens with one attached hydrogen (secondary N) is 1. The molecule has 0 amide bonds. The highest BCUT2D eigenvalue weighted by atomic mass is 16.5. The molecule has 1 atom stereocenters. The van der Waals surface area contributed by atoms with Crippen LogP contribution in [0.2, 0.25) is 0 Å². The van der Waals surface area contributed by atoms with Gasteiger partial charge in [0.25, 0.3) is 0 Å². The molecule has 1 N–H and O–H groups in total. The number of aromatic nitrogens is 3. The Labute approximate surface area is 182 Å². The van der Waals surface area contributed by atoms with Crippen LogP contribution < -0.4 is 14.8 Å². The monoisotopic (exact) mass is 414 g/mol. The zero-order valence-corrected chi connectivity index (χ0v) is 17.7. The van der Waals surface area contributed by atoms with E-state index in [0.717, 1.165) is 34.9 Å². The summed E-state index contributed by atoms with van der Waals surface area (Å²) in [6.07, 6.45) is 9.07. The van der Waals surface area contributed by atoms with Crippen LogP contribution in [0.3, 0.4) is 0 Å². The van der Waals surface area contributed by atoms with Gasteiger partial charge in [0.15, 0.2) is 11.5 Å². The minimum atomic E-state index is 0.207. The van der Waals surface area contributed by atoms with E-state index in [9.17, 15) is 0 Å². The minimum absolute atomic E-state index is 0.207. The Balaban J connectivity index is 1.38. The van der Waals surface area contributed by atoms with E-state index in [1.54, 1.807) is 32.0 Å². The fourth-order valence-corrected chi connectivity index (χ4v) is 3.32. The highest BCUT2D eigenvalue weighted by Gasteiger charge is 2.09. The largest absolute Gasteiger partial charge is 0.493 e. The second kappa shape index (κ2) is 9.91. The summed E-state index contributed by atoms with van der Waals surface area (Å²) in [5.74, 6) is 1.44. The van der Waals surface area contributed by atoms with Crippen molar-refractivity contribution in [1.29, 1.82) is 0 Å². The number of methoxy groups -OCH3 is 1. The molecule has 2 aromatic carbocycles. The molecule has 1 unspecified atom stereocenters. The lowest BCUT2D eigenvalue weighted by molar-refractivity contribution is 0.283. The Hall–Kier alpha value is -3.64. The molecule has 0 fully saturated rings. The van der Waals surface area contributed by atoms with E-state index in [0.29, 0.717) is 6.61 Å². The molecule has 6 heteroatoms. The second-order valence-corrected chi connectivity index (χ2v) is 7.30. The first-order chi connectivity index (χ1) is 15.2. The van der Waals surface area contributed by atoms with E-state index in [1.807, 2.05) is 35.0 Å². The lowest BCUT2D eigenvalue weighted by atomic mass is 10.1. The van der Waals surface area contributed by atoms with Crippen molar-refractivity contribution >= 4 is 0 Å². The molecule has 0 saturated carbocycles. The molecular weight excluding hydrogens is 388 g/mol. The topological polar surface area (TPSA) is 61.2 Å². The number of benzene rings is 2. The van der Waals surface area contributed by atoms with E-state index in [1.165, 1.54) is 5.56 Å². The zero-order chi connectivity index (χ0) is 21.5. The summed E-state index contributed by atoms with van der Waals surface area (Å²) in [5, 5.41) is 3.58. The summed E-state index contributed by atoms with van der Waals surface area (Å²) in [4.78, 5) is 8.23. The van der Waals surface area contributed by atoms with Crippen LogP contribution in [-0.4, -0.2) is 21.6 Å². The van der Waals surface area contributed by atoms with E-state index in [2.05, 4.69) is 52.5 Å². The molecule has 0 saturated heterocycles. The predicted molar refractivity (Wildman–Crippen MR) is 120 cm³/mol. The van der Waals surface area contributed by atoms with Crippen LogP contribution in [0.25, 0.3) is 5.69 Å². The Kier molecular flexibility index (Phi) is 6.59.